The van der Waals surface area contributed by atoms with Crippen LogP contribution in [0.4, 0.5) is 0 Å². The molecule has 0 aromatic heterocycles. The Morgan fingerprint density at radius 1 is 0.625 bits per heavy atom. The molecule has 0 aromatic carbocycles. The zero-order chi connectivity index (χ0) is 18.3. The van der Waals surface area contributed by atoms with Gasteiger partial charge in [0, 0.05) is 27.2 Å². The van der Waals surface area contributed by atoms with E-state index >= 15 is 0 Å². The third-order valence-corrected chi connectivity index (χ3v) is 5.09. The van der Waals surface area contributed by atoms with Crippen molar-refractivity contribution in [3.05, 3.63) is 0 Å². The van der Waals surface area contributed by atoms with E-state index in [9.17, 15) is 0 Å². The van der Waals surface area contributed by atoms with Gasteiger partial charge in [0.2, 0.25) is 0 Å². The highest BCUT2D eigenvalue weighted by Crippen LogP contribution is 2.33. The van der Waals surface area contributed by atoms with Gasteiger partial charge in [-0.1, -0.05) is 85.0 Å². The van der Waals surface area contributed by atoms with Gasteiger partial charge in [-0.15, -0.1) is 0 Å². The van der Waals surface area contributed by atoms with Crippen LogP contribution in [0.3, 0.4) is 0 Å². The molecule has 24 heavy (non-hydrogen) atoms. The Labute approximate surface area is 151 Å². The van der Waals surface area contributed by atoms with Crippen molar-refractivity contribution in [2.45, 2.75) is 104 Å². The van der Waals surface area contributed by atoms with Crippen LogP contribution >= 0.6 is 0 Å². The van der Waals surface area contributed by atoms with Crippen LogP contribution in [0.1, 0.15) is 97.8 Å². The topological polar surface area (TPSA) is 27.7 Å². The quantitative estimate of drug-likeness (QED) is 0.221. The number of ether oxygens (including phenoxy) is 3. The number of hydrogen-bond acceptors (Lipinski definition) is 3. The van der Waals surface area contributed by atoms with E-state index < -0.39 is 5.97 Å². The van der Waals surface area contributed by atoms with Gasteiger partial charge in [-0.3, -0.25) is 0 Å². The van der Waals surface area contributed by atoms with Gasteiger partial charge in [-0.05, 0) is 18.8 Å². The maximum atomic E-state index is 5.64. The first-order chi connectivity index (χ1) is 11.6. The highest BCUT2D eigenvalue weighted by atomic mass is 16.9. The summed E-state index contributed by atoms with van der Waals surface area (Å²) in [5.41, 5.74) is 0. The van der Waals surface area contributed by atoms with Crippen molar-refractivity contribution in [1.82, 2.24) is 0 Å². The molecule has 0 bridgehead atoms. The fraction of sp³-hybridized carbons (Fsp3) is 1.00. The molecule has 0 aliphatic heterocycles. The summed E-state index contributed by atoms with van der Waals surface area (Å²) in [6.45, 7) is 6.86. The summed E-state index contributed by atoms with van der Waals surface area (Å²) in [4.78, 5) is 0. The van der Waals surface area contributed by atoms with Gasteiger partial charge in [-0.2, -0.15) is 0 Å². The summed E-state index contributed by atoms with van der Waals surface area (Å²) in [6, 6.07) is 0. The van der Waals surface area contributed by atoms with Gasteiger partial charge in [0.1, 0.15) is 0 Å². The first-order valence-corrected chi connectivity index (χ1v) is 10.2. The smallest absolute Gasteiger partial charge is 0.285 e. The Morgan fingerprint density at radius 3 is 1.50 bits per heavy atom. The molecule has 0 saturated heterocycles. The predicted molar refractivity (Wildman–Crippen MR) is 103 cm³/mol. The molecule has 0 aliphatic carbocycles. The molecule has 146 valence electrons. The molecule has 3 heteroatoms. The third kappa shape index (κ3) is 10.0. The van der Waals surface area contributed by atoms with Crippen LogP contribution in [0.25, 0.3) is 0 Å². The van der Waals surface area contributed by atoms with E-state index in [1.165, 1.54) is 64.2 Å². The van der Waals surface area contributed by atoms with E-state index in [0.717, 1.165) is 18.8 Å². The summed E-state index contributed by atoms with van der Waals surface area (Å²) < 4.78 is 16.9. The van der Waals surface area contributed by atoms with Crippen molar-refractivity contribution < 1.29 is 14.2 Å². The lowest BCUT2D eigenvalue weighted by molar-refractivity contribution is -0.380. The normalized spacial score (nSPS) is 13.6. The molecule has 0 rings (SSSR count). The minimum atomic E-state index is -0.874. The van der Waals surface area contributed by atoms with Crippen molar-refractivity contribution in [1.29, 1.82) is 0 Å². The molecule has 1 unspecified atom stereocenters. The van der Waals surface area contributed by atoms with E-state index in [1.807, 2.05) is 0 Å². The summed E-state index contributed by atoms with van der Waals surface area (Å²) in [5, 5.41) is 0. The maximum Gasteiger partial charge on any atom is 0.285 e. The average Bonchev–Trinajstić information content (AvgIpc) is 2.58. The van der Waals surface area contributed by atoms with Gasteiger partial charge < -0.3 is 14.2 Å². The monoisotopic (exact) mass is 344 g/mol. The molecule has 1 atom stereocenters. The minimum absolute atomic E-state index is 0.308. The van der Waals surface area contributed by atoms with E-state index in [4.69, 9.17) is 14.2 Å². The molecule has 0 radical (unpaired) electrons. The number of hydrogen-bond donors (Lipinski definition) is 0. The molecule has 0 heterocycles. The maximum absolute atomic E-state index is 5.64. The van der Waals surface area contributed by atoms with E-state index in [-0.39, 0.29) is 0 Å². The average molecular weight is 345 g/mol. The van der Waals surface area contributed by atoms with Crippen LogP contribution in [0.5, 0.6) is 0 Å². The highest BCUT2D eigenvalue weighted by Gasteiger charge is 2.39. The fourth-order valence-electron chi connectivity index (χ4n) is 3.54. The zero-order valence-corrected chi connectivity index (χ0v) is 17.4. The number of unbranched alkanes of at least 4 members (excludes halogenated alkanes) is 7. The van der Waals surface area contributed by atoms with E-state index in [1.54, 1.807) is 21.3 Å². The van der Waals surface area contributed by atoms with Crippen molar-refractivity contribution >= 4 is 0 Å². The molecular weight excluding hydrogens is 300 g/mol. The molecule has 0 aromatic rings. The fourth-order valence-corrected chi connectivity index (χ4v) is 3.54. The van der Waals surface area contributed by atoms with Gasteiger partial charge in [-0.25, -0.2) is 0 Å². The predicted octanol–water partition coefficient (Wildman–Crippen LogP) is 6.55. The van der Waals surface area contributed by atoms with Gasteiger partial charge >= 0.3 is 0 Å². The first kappa shape index (κ1) is 23.9. The van der Waals surface area contributed by atoms with Crippen molar-refractivity contribution in [2.24, 2.45) is 11.8 Å². The Hall–Kier alpha value is -0.120. The summed E-state index contributed by atoms with van der Waals surface area (Å²) >= 11 is 0. The van der Waals surface area contributed by atoms with E-state index in [2.05, 4.69) is 20.8 Å². The summed E-state index contributed by atoms with van der Waals surface area (Å²) in [7, 11) is 5.08. The second-order valence-corrected chi connectivity index (χ2v) is 7.50. The molecule has 0 fully saturated rings. The van der Waals surface area contributed by atoms with Crippen molar-refractivity contribution in [3.63, 3.8) is 0 Å². The largest absolute Gasteiger partial charge is 0.331 e. The highest BCUT2D eigenvalue weighted by molar-refractivity contribution is 4.72. The Bertz CT molecular complexity index is 254. The SMILES string of the molecule is CCCCCCCCC(CCCCCC(C)C)C(OC)(OC)OC. The first-order valence-electron chi connectivity index (χ1n) is 10.2. The molecule has 0 spiro atoms. The minimum Gasteiger partial charge on any atom is -0.331 e. The van der Waals surface area contributed by atoms with Crippen LogP contribution < -0.4 is 0 Å². The Morgan fingerprint density at radius 2 is 1.04 bits per heavy atom. The lowest BCUT2D eigenvalue weighted by Gasteiger charge is -2.36. The zero-order valence-electron chi connectivity index (χ0n) is 17.4. The Kier molecular flexibility index (Phi) is 15.1. The molecule has 0 aliphatic rings. The molecule has 3 nitrogen and oxygen atoms in total. The van der Waals surface area contributed by atoms with Crippen LogP contribution in [0.15, 0.2) is 0 Å². The standard InChI is InChI=1S/C21H44O3/c1-7-8-9-10-11-14-17-20(21(22-4,23-5)24-6)18-15-12-13-16-19(2)3/h19-20H,7-18H2,1-6H3. The summed E-state index contributed by atoms with van der Waals surface area (Å²) in [6.07, 6.45) is 15.3. The number of rotatable bonds is 17. The van der Waals surface area contributed by atoms with Crippen LogP contribution in [-0.4, -0.2) is 27.3 Å². The van der Waals surface area contributed by atoms with E-state index in [0.29, 0.717) is 5.92 Å². The van der Waals surface area contributed by atoms with Gasteiger partial charge in [0.25, 0.3) is 5.97 Å². The second kappa shape index (κ2) is 15.2. The third-order valence-electron chi connectivity index (χ3n) is 5.09. The van der Waals surface area contributed by atoms with Crippen molar-refractivity contribution in [2.75, 3.05) is 21.3 Å². The lowest BCUT2D eigenvalue weighted by Crippen LogP contribution is -2.44. The molecule has 0 amide bonds. The summed E-state index contributed by atoms with van der Waals surface area (Å²) in [5.74, 6) is 0.240. The molecule has 0 N–H and O–H groups in total. The molecule has 0 saturated carbocycles. The van der Waals surface area contributed by atoms with Gasteiger partial charge in [0.05, 0.1) is 0 Å². The Balaban J connectivity index is 4.33. The van der Waals surface area contributed by atoms with Crippen LogP contribution in [0.2, 0.25) is 0 Å². The lowest BCUT2D eigenvalue weighted by atomic mass is 9.91. The molecular formula is C21H44O3. The van der Waals surface area contributed by atoms with Crippen LogP contribution in [0, 0.1) is 11.8 Å². The van der Waals surface area contributed by atoms with Crippen molar-refractivity contribution in [3.8, 4) is 0 Å². The van der Waals surface area contributed by atoms with Crippen LogP contribution in [-0.2, 0) is 14.2 Å². The number of methoxy groups -OCH3 is 3. The van der Waals surface area contributed by atoms with Gasteiger partial charge in [0.15, 0.2) is 0 Å². The second-order valence-electron chi connectivity index (χ2n) is 7.50.